The molecule has 2 atom stereocenters. The molecule has 1 fully saturated rings. The van der Waals surface area contributed by atoms with Crippen LogP contribution in [0.3, 0.4) is 0 Å². The molecule has 0 saturated heterocycles. The zero-order valence-electron chi connectivity index (χ0n) is 12.5. The Labute approximate surface area is 130 Å². The van der Waals surface area contributed by atoms with Crippen molar-refractivity contribution in [2.45, 2.75) is 44.1 Å². The molecule has 2 rings (SSSR count). The second-order valence-electron chi connectivity index (χ2n) is 5.34. The third-order valence-corrected chi connectivity index (χ3v) is 5.05. The van der Waals surface area contributed by atoms with Crippen LogP contribution in [0.5, 0.6) is 11.5 Å². The molecule has 0 bridgehead atoms. The van der Waals surface area contributed by atoms with E-state index in [2.05, 4.69) is 34.4 Å². The summed E-state index contributed by atoms with van der Waals surface area (Å²) in [4.78, 5) is 0. The van der Waals surface area contributed by atoms with Gasteiger partial charge in [0.15, 0.2) is 0 Å². The molecule has 1 aliphatic rings. The number of hydrogen-bond acceptors (Lipinski definition) is 3. The van der Waals surface area contributed by atoms with Gasteiger partial charge in [0.25, 0.3) is 0 Å². The molecule has 0 radical (unpaired) electrons. The maximum Gasteiger partial charge on any atom is 0.140 e. The van der Waals surface area contributed by atoms with E-state index in [0.29, 0.717) is 12.0 Å². The SMILES string of the molecule is CNC1CCCCCC1c1ccc(OC)c(Br)c1OC. The molecule has 0 aliphatic heterocycles. The van der Waals surface area contributed by atoms with Crippen molar-refractivity contribution in [2.75, 3.05) is 21.3 Å². The van der Waals surface area contributed by atoms with E-state index in [1.54, 1.807) is 14.2 Å². The molecule has 3 nitrogen and oxygen atoms in total. The fourth-order valence-corrected chi connectivity index (χ4v) is 3.92. The molecular formula is C16H24BrNO2. The molecule has 0 amide bonds. The van der Waals surface area contributed by atoms with Crippen LogP contribution in [0.1, 0.15) is 43.6 Å². The summed E-state index contributed by atoms with van der Waals surface area (Å²) >= 11 is 3.61. The Balaban J connectivity index is 2.41. The van der Waals surface area contributed by atoms with E-state index in [4.69, 9.17) is 9.47 Å². The maximum atomic E-state index is 5.65. The van der Waals surface area contributed by atoms with E-state index >= 15 is 0 Å². The molecule has 0 spiro atoms. The quantitative estimate of drug-likeness (QED) is 0.836. The van der Waals surface area contributed by atoms with Gasteiger partial charge in [-0.05, 0) is 41.9 Å². The molecule has 0 aromatic heterocycles. The summed E-state index contributed by atoms with van der Waals surface area (Å²) < 4.78 is 11.9. The van der Waals surface area contributed by atoms with Crippen molar-refractivity contribution < 1.29 is 9.47 Å². The average Bonchev–Trinajstić information content (AvgIpc) is 2.71. The van der Waals surface area contributed by atoms with E-state index in [9.17, 15) is 0 Å². The first-order chi connectivity index (χ1) is 9.72. The first-order valence-corrected chi connectivity index (χ1v) is 8.09. The highest BCUT2D eigenvalue weighted by molar-refractivity contribution is 9.10. The predicted octanol–water partition coefficient (Wildman–Crippen LogP) is 4.10. The number of rotatable bonds is 4. The predicted molar refractivity (Wildman–Crippen MR) is 85.9 cm³/mol. The standard InChI is InChI=1S/C16H24BrNO2/c1-18-13-8-6-4-5-7-11(13)12-9-10-14(19-2)15(17)16(12)20-3/h9-11,13,18H,4-8H2,1-3H3. The van der Waals surface area contributed by atoms with Gasteiger partial charge in [-0.3, -0.25) is 0 Å². The third-order valence-electron chi connectivity index (χ3n) is 4.30. The highest BCUT2D eigenvalue weighted by atomic mass is 79.9. The number of benzene rings is 1. The van der Waals surface area contributed by atoms with Gasteiger partial charge in [-0.25, -0.2) is 0 Å². The van der Waals surface area contributed by atoms with Crippen LogP contribution in [0.25, 0.3) is 0 Å². The molecule has 4 heteroatoms. The lowest BCUT2D eigenvalue weighted by Gasteiger charge is -2.27. The lowest BCUT2D eigenvalue weighted by atomic mass is 9.87. The van der Waals surface area contributed by atoms with Crippen LogP contribution >= 0.6 is 15.9 Å². The molecule has 112 valence electrons. The summed E-state index contributed by atoms with van der Waals surface area (Å²) in [6, 6.07) is 4.70. The van der Waals surface area contributed by atoms with Gasteiger partial charge in [0.05, 0.1) is 14.2 Å². The summed E-state index contributed by atoms with van der Waals surface area (Å²) in [5, 5.41) is 3.49. The molecule has 1 N–H and O–H groups in total. The van der Waals surface area contributed by atoms with Gasteiger partial charge in [-0.2, -0.15) is 0 Å². The maximum absolute atomic E-state index is 5.65. The van der Waals surface area contributed by atoms with Gasteiger partial charge in [-0.15, -0.1) is 0 Å². The first-order valence-electron chi connectivity index (χ1n) is 7.30. The first kappa shape index (κ1) is 15.6. The van der Waals surface area contributed by atoms with Crippen molar-refractivity contribution in [2.24, 2.45) is 0 Å². The van der Waals surface area contributed by atoms with Crippen LogP contribution in [-0.2, 0) is 0 Å². The number of hydrogen-bond donors (Lipinski definition) is 1. The van der Waals surface area contributed by atoms with Crippen LogP contribution < -0.4 is 14.8 Å². The average molecular weight is 342 g/mol. The smallest absolute Gasteiger partial charge is 0.140 e. The van der Waals surface area contributed by atoms with Crippen LogP contribution in [0.2, 0.25) is 0 Å². The summed E-state index contributed by atoms with van der Waals surface area (Å²) in [5.74, 6) is 2.23. The number of nitrogens with one attached hydrogen (secondary N) is 1. The Hall–Kier alpha value is -0.740. The minimum Gasteiger partial charge on any atom is -0.495 e. The normalized spacial score (nSPS) is 23.2. The van der Waals surface area contributed by atoms with E-state index in [1.807, 2.05) is 6.07 Å². The summed E-state index contributed by atoms with van der Waals surface area (Å²) in [6.45, 7) is 0. The zero-order valence-corrected chi connectivity index (χ0v) is 14.1. The number of likely N-dealkylation sites (N-methyl/N-ethyl adjacent to an activating group) is 1. The van der Waals surface area contributed by atoms with Crippen molar-refractivity contribution in [3.63, 3.8) is 0 Å². The van der Waals surface area contributed by atoms with Crippen molar-refractivity contribution in [3.8, 4) is 11.5 Å². The molecule has 2 unspecified atom stereocenters. The Morgan fingerprint density at radius 3 is 2.50 bits per heavy atom. The van der Waals surface area contributed by atoms with Crippen molar-refractivity contribution in [1.82, 2.24) is 5.32 Å². The van der Waals surface area contributed by atoms with E-state index in [0.717, 1.165) is 16.0 Å². The van der Waals surface area contributed by atoms with Gasteiger partial charge < -0.3 is 14.8 Å². The Morgan fingerprint density at radius 2 is 1.85 bits per heavy atom. The van der Waals surface area contributed by atoms with Crippen LogP contribution in [0.15, 0.2) is 16.6 Å². The lowest BCUT2D eigenvalue weighted by Crippen LogP contribution is -2.31. The minimum absolute atomic E-state index is 0.500. The van der Waals surface area contributed by atoms with Gasteiger partial charge in [0, 0.05) is 17.5 Å². The second kappa shape index (κ2) is 7.32. The highest BCUT2D eigenvalue weighted by Gasteiger charge is 2.28. The Kier molecular flexibility index (Phi) is 5.73. The highest BCUT2D eigenvalue weighted by Crippen LogP contribution is 2.43. The van der Waals surface area contributed by atoms with Crippen molar-refractivity contribution >= 4 is 15.9 Å². The van der Waals surface area contributed by atoms with Crippen LogP contribution in [0.4, 0.5) is 0 Å². The zero-order chi connectivity index (χ0) is 14.5. The Bertz CT molecular complexity index is 450. The Morgan fingerprint density at radius 1 is 1.10 bits per heavy atom. The number of halogens is 1. The van der Waals surface area contributed by atoms with Gasteiger partial charge >= 0.3 is 0 Å². The summed E-state index contributed by atoms with van der Waals surface area (Å²) in [7, 11) is 5.48. The monoisotopic (exact) mass is 341 g/mol. The topological polar surface area (TPSA) is 30.5 Å². The molecule has 1 aromatic carbocycles. The number of methoxy groups -OCH3 is 2. The van der Waals surface area contributed by atoms with Crippen molar-refractivity contribution in [3.05, 3.63) is 22.2 Å². The molecule has 20 heavy (non-hydrogen) atoms. The second-order valence-corrected chi connectivity index (χ2v) is 6.14. The molecule has 1 saturated carbocycles. The van der Waals surface area contributed by atoms with Crippen LogP contribution in [-0.4, -0.2) is 27.3 Å². The minimum atomic E-state index is 0.500. The van der Waals surface area contributed by atoms with E-state index in [-0.39, 0.29) is 0 Å². The van der Waals surface area contributed by atoms with Crippen LogP contribution in [0, 0.1) is 0 Å². The van der Waals surface area contributed by atoms with Gasteiger partial charge in [-0.1, -0.05) is 25.3 Å². The van der Waals surface area contributed by atoms with E-state index in [1.165, 1.54) is 37.7 Å². The fourth-order valence-electron chi connectivity index (χ4n) is 3.24. The fraction of sp³-hybridized carbons (Fsp3) is 0.625. The molecule has 1 aromatic rings. The summed E-state index contributed by atoms with van der Waals surface area (Å²) in [5.41, 5.74) is 1.28. The lowest BCUT2D eigenvalue weighted by molar-refractivity contribution is 0.371. The molecule has 1 aliphatic carbocycles. The molecular weight excluding hydrogens is 318 g/mol. The molecule has 0 heterocycles. The van der Waals surface area contributed by atoms with Gasteiger partial charge in [0.1, 0.15) is 16.0 Å². The largest absolute Gasteiger partial charge is 0.495 e. The van der Waals surface area contributed by atoms with E-state index < -0.39 is 0 Å². The van der Waals surface area contributed by atoms with Gasteiger partial charge in [0.2, 0.25) is 0 Å². The third kappa shape index (κ3) is 3.12. The van der Waals surface area contributed by atoms with Crippen molar-refractivity contribution in [1.29, 1.82) is 0 Å². The summed E-state index contributed by atoms with van der Waals surface area (Å²) in [6.07, 6.45) is 6.36. The number of ether oxygens (including phenoxy) is 2.